The number of amides is 1. The van der Waals surface area contributed by atoms with Gasteiger partial charge in [-0.25, -0.2) is 8.78 Å². The maximum atomic E-state index is 13.7. The zero-order chi connectivity index (χ0) is 17.4. The second kappa shape index (κ2) is 6.35. The normalized spacial score (nSPS) is 18.6. The van der Waals surface area contributed by atoms with Crippen molar-refractivity contribution in [3.8, 4) is 11.5 Å². The molecular formula is C19H17F2NO3. The molecule has 130 valence electrons. The lowest BCUT2D eigenvalue weighted by Crippen LogP contribution is -2.30. The first-order chi connectivity index (χ1) is 12.1. The molecule has 0 spiro atoms. The van der Waals surface area contributed by atoms with Crippen LogP contribution in [-0.4, -0.2) is 30.7 Å². The van der Waals surface area contributed by atoms with E-state index in [1.165, 1.54) is 18.2 Å². The summed E-state index contributed by atoms with van der Waals surface area (Å²) in [5, 5.41) is 0. The van der Waals surface area contributed by atoms with Gasteiger partial charge in [0.2, 0.25) is 12.7 Å². The number of nitrogens with zero attached hydrogens (tertiary/aromatic N) is 1. The standard InChI is InChI=1S/C19H17F2NO3/c20-15-2-1-3-16(21)14(15)9-19(23)22-7-6-13(10-22)12-4-5-17-18(8-12)25-11-24-17/h1-5,8,13H,6-7,9-11H2/t13-/m0/s1. The first-order valence-corrected chi connectivity index (χ1v) is 8.22. The maximum absolute atomic E-state index is 13.7. The molecule has 0 saturated carbocycles. The van der Waals surface area contributed by atoms with Crippen LogP contribution in [0, 0.1) is 11.6 Å². The summed E-state index contributed by atoms with van der Waals surface area (Å²) in [6.45, 7) is 1.34. The van der Waals surface area contributed by atoms with Crippen LogP contribution < -0.4 is 9.47 Å². The number of likely N-dealkylation sites (tertiary alicyclic amines) is 1. The fourth-order valence-corrected chi connectivity index (χ4v) is 3.39. The molecule has 2 heterocycles. The summed E-state index contributed by atoms with van der Waals surface area (Å²) < 4.78 is 38.2. The number of rotatable bonds is 3. The van der Waals surface area contributed by atoms with E-state index in [0.29, 0.717) is 13.1 Å². The zero-order valence-corrected chi connectivity index (χ0v) is 13.5. The number of benzene rings is 2. The summed E-state index contributed by atoms with van der Waals surface area (Å²) >= 11 is 0. The van der Waals surface area contributed by atoms with Crippen molar-refractivity contribution >= 4 is 5.91 Å². The van der Waals surface area contributed by atoms with Crippen molar-refractivity contribution in [1.82, 2.24) is 4.90 Å². The highest BCUT2D eigenvalue weighted by Gasteiger charge is 2.29. The molecule has 0 unspecified atom stereocenters. The fraction of sp³-hybridized carbons (Fsp3) is 0.316. The highest BCUT2D eigenvalue weighted by atomic mass is 19.1. The molecule has 2 aliphatic heterocycles. The van der Waals surface area contributed by atoms with Crippen LogP contribution in [0.5, 0.6) is 11.5 Å². The Balaban J connectivity index is 1.44. The van der Waals surface area contributed by atoms with Gasteiger partial charge in [0.1, 0.15) is 11.6 Å². The van der Waals surface area contributed by atoms with Crippen molar-refractivity contribution in [1.29, 1.82) is 0 Å². The number of ether oxygens (including phenoxy) is 2. The van der Waals surface area contributed by atoms with Gasteiger partial charge >= 0.3 is 0 Å². The molecule has 0 bridgehead atoms. The second-order valence-corrected chi connectivity index (χ2v) is 6.32. The van der Waals surface area contributed by atoms with E-state index in [-0.39, 0.29) is 30.6 Å². The van der Waals surface area contributed by atoms with Crippen molar-refractivity contribution in [2.45, 2.75) is 18.8 Å². The van der Waals surface area contributed by atoms with Gasteiger partial charge in [-0.2, -0.15) is 0 Å². The Kier molecular flexibility index (Phi) is 4.03. The average Bonchev–Trinajstić information content (AvgIpc) is 3.26. The predicted octanol–water partition coefficient (Wildman–Crippen LogP) is 3.25. The van der Waals surface area contributed by atoms with Gasteiger partial charge in [-0.15, -0.1) is 0 Å². The number of hydrogen-bond donors (Lipinski definition) is 0. The van der Waals surface area contributed by atoms with Crippen LogP contribution >= 0.6 is 0 Å². The number of hydrogen-bond acceptors (Lipinski definition) is 3. The molecule has 2 aliphatic rings. The van der Waals surface area contributed by atoms with E-state index >= 15 is 0 Å². The maximum Gasteiger partial charge on any atom is 0.231 e. The van der Waals surface area contributed by atoms with E-state index < -0.39 is 11.6 Å². The van der Waals surface area contributed by atoms with Gasteiger partial charge < -0.3 is 14.4 Å². The number of carbonyl (C=O) groups is 1. The van der Waals surface area contributed by atoms with E-state index in [4.69, 9.17) is 9.47 Å². The summed E-state index contributed by atoms with van der Waals surface area (Å²) in [5.74, 6) is 0.0105. The smallest absolute Gasteiger partial charge is 0.231 e. The SMILES string of the molecule is O=C(Cc1c(F)cccc1F)N1CC[C@H](c2ccc3c(c2)OCO3)C1. The summed E-state index contributed by atoms with van der Waals surface area (Å²) in [6, 6.07) is 9.43. The third-order valence-electron chi connectivity index (χ3n) is 4.80. The van der Waals surface area contributed by atoms with Gasteiger partial charge in [0.15, 0.2) is 11.5 Å². The first kappa shape index (κ1) is 15.9. The number of halogens is 2. The molecular weight excluding hydrogens is 328 g/mol. The Hall–Kier alpha value is -2.63. The van der Waals surface area contributed by atoms with Crippen molar-refractivity contribution in [2.75, 3.05) is 19.9 Å². The summed E-state index contributed by atoms with van der Waals surface area (Å²) in [4.78, 5) is 14.1. The molecule has 1 saturated heterocycles. The van der Waals surface area contributed by atoms with E-state index in [2.05, 4.69) is 0 Å². The molecule has 0 radical (unpaired) electrons. The van der Waals surface area contributed by atoms with Crippen LogP contribution in [0.15, 0.2) is 36.4 Å². The lowest BCUT2D eigenvalue weighted by molar-refractivity contribution is -0.129. The monoisotopic (exact) mass is 345 g/mol. The molecule has 0 aliphatic carbocycles. The average molecular weight is 345 g/mol. The minimum Gasteiger partial charge on any atom is -0.454 e. The minimum atomic E-state index is -0.681. The molecule has 1 amide bonds. The van der Waals surface area contributed by atoms with Crippen molar-refractivity contribution in [2.24, 2.45) is 0 Å². The predicted molar refractivity (Wildman–Crippen MR) is 86.6 cm³/mol. The van der Waals surface area contributed by atoms with Gasteiger partial charge in [0, 0.05) is 24.6 Å². The minimum absolute atomic E-state index is 0.168. The highest BCUT2D eigenvalue weighted by Crippen LogP contribution is 2.37. The van der Waals surface area contributed by atoms with E-state index in [9.17, 15) is 13.6 Å². The lowest BCUT2D eigenvalue weighted by Gasteiger charge is -2.17. The zero-order valence-electron chi connectivity index (χ0n) is 13.5. The Morgan fingerprint density at radius 3 is 2.68 bits per heavy atom. The second-order valence-electron chi connectivity index (χ2n) is 6.32. The number of carbonyl (C=O) groups excluding carboxylic acids is 1. The van der Waals surface area contributed by atoms with E-state index in [1.807, 2.05) is 18.2 Å². The molecule has 25 heavy (non-hydrogen) atoms. The molecule has 1 atom stereocenters. The molecule has 1 fully saturated rings. The van der Waals surface area contributed by atoms with Crippen molar-refractivity contribution in [3.05, 3.63) is 59.2 Å². The van der Waals surface area contributed by atoms with Crippen molar-refractivity contribution in [3.63, 3.8) is 0 Å². The van der Waals surface area contributed by atoms with Crippen molar-refractivity contribution < 1.29 is 23.0 Å². The topological polar surface area (TPSA) is 38.8 Å². The molecule has 2 aromatic carbocycles. The van der Waals surface area contributed by atoms with Crippen LogP contribution in [-0.2, 0) is 11.2 Å². The summed E-state index contributed by atoms with van der Waals surface area (Å²) in [6.07, 6.45) is 0.553. The molecule has 0 aromatic heterocycles. The van der Waals surface area contributed by atoms with Gasteiger partial charge in [0.25, 0.3) is 0 Å². The van der Waals surface area contributed by atoms with E-state index in [1.54, 1.807) is 4.90 Å². The Morgan fingerprint density at radius 2 is 1.88 bits per heavy atom. The fourth-order valence-electron chi connectivity index (χ4n) is 3.39. The molecule has 4 rings (SSSR count). The lowest BCUT2D eigenvalue weighted by atomic mass is 9.98. The Morgan fingerprint density at radius 1 is 1.12 bits per heavy atom. The van der Waals surface area contributed by atoms with Gasteiger partial charge in [-0.1, -0.05) is 12.1 Å². The third kappa shape index (κ3) is 3.04. The largest absolute Gasteiger partial charge is 0.454 e. The van der Waals surface area contributed by atoms with Crippen LogP contribution in [0.4, 0.5) is 8.78 Å². The van der Waals surface area contributed by atoms with Gasteiger partial charge in [-0.3, -0.25) is 4.79 Å². The Bertz CT molecular complexity index is 804. The highest BCUT2D eigenvalue weighted by molar-refractivity contribution is 5.79. The summed E-state index contributed by atoms with van der Waals surface area (Å²) in [5.41, 5.74) is 0.913. The van der Waals surface area contributed by atoms with Gasteiger partial charge in [-0.05, 0) is 36.2 Å². The van der Waals surface area contributed by atoms with Crippen LogP contribution in [0.1, 0.15) is 23.5 Å². The van der Waals surface area contributed by atoms with E-state index in [0.717, 1.165) is 23.5 Å². The van der Waals surface area contributed by atoms with Gasteiger partial charge in [0.05, 0.1) is 6.42 Å². The molecule has 2 aromatic rings. The summed E-state index contributed by atoms with van der Waals surface area (Å²) in [7, 11) is 0. The van der Waals surface area contributed by atoms with Crippen LogP contribution in [0.2, 0.25) is 0 Å². The van der Waals surface area contributed by atoms with Crippen LogP contribution in [0.3, 0.4) is 0 Å². The molecule has 0 N–H and O–H groups in total. The quantitative estimate of drug-likeness (QED) is 0.857. The van der Waals surface area contributed by atoms with Crippen LogP contribution in [0.25, 0.3) is 0 Å². The molecule has 6 heteroatoms. The first-order valence-electron chi connectivity index (χ1n) is 8.22. The Labute approximate surface area is 144 Å². The molecule has 4 nitrogen and oxygen atoms in total. The third-order valence-corrected chi connectivity index (χ3v) is 4.80. The number of fused-ring (bicyclic) bond motifs is 1.